The summed E-state index contributed by atoms with van der Waals surface area (Å²) in [5, 5.41) is 146. The lowest BCUT2D eigenvalue weighted by Gasteiger charge is -2.50. The van der Waals surface area contributed by atoms with Gasteiger partial charge < -0.3 is 99.9 Å². The predicted octanol–water partition coefficient (Wildman–Crippen LogP) is 0.995. The normalized spacial score (nSPS) is 24.0. The molecule has 0 bridgehead atoms. The van der Waals surface area contributed by atoms with E-state index in [-0.39, 0.29) is 22.3 Å². The monoisotopic (exact) mass is 1110 g/mol. The van der Waals surface area contributed by atoms with Gasteiger partial charge in [-0.25, -0.2) is 28.8 Å². The van der Waals surface area contributed by atoms with E-state index in [9.17, 15) is 100 Å². The van der Waals surface area contributed by atoms with Crippen molar-refractivity contribution < 1.29 is 133 Å². The van der Waals surface area contributed by atoms with Gasteiger partial charge in [0.25, 0.3) is 11.6 Å². The van der Waals surface area contributed by atoms with Gasteiger partial charge in [-0.3, -0.25) is 4.74 Å². The van der Waals surface area contributed by atoms with E-state index in [0.29, 0.717) is 6.08 Å². The third-order valence-electron chi connectivity index (χ3n) is 11.7. The Hall–Kier alpha value is -9.22. The average molecular weight is 1110 g/mol. The van der Waals surface area contributed by atoms with Gasteiger partial charge >= 0.3 is 35.8 Å². The number of aromatic hydroxyl groups is 8. The molecule has 2 saturated heterocycles. The van der Waals surface area contributed by atoms with Crippen LogP contribution in [0, 0.1) is 0 Å². The molecule has 0 radical (unpaired) electrons. The van der Waals surface area contributed by atoms with Crippen LogP contribution in [0.3, 0.4) is 0 Å². The summed E-state index contributed by atoms with van der Waals surface area (Å²) >= 11 is 0. The largest absolute Gasteiger partial charge is 0.504 e. The van der Waals surface area contributed by atoms with E-state index in [1.54, 1.807) is 0 Å². The van der Waals surface area contributed by atoms with Gasteiger partial charge in [-0.15, -0.1) is 0 Å². The molecule has 420 valence electrons. The number of esters is 4. The van der Waals surface area contributed by atoms with E-state index >= 15 is 0 Å². The SMILES string of the molecule is O=C(C=Cc1ccc(O)c(O)c1)OC[C@@H](O)[C@H]1O[C@](O[C@@]2(C(=O)O)C[C@H](O)[C@@H](OC(=O)C=Cc3ccc(O)c(O)c3)[C@@H]([C@H](O)COC(=O)C=Cc3ccc(O)c(O)c3)O2)(C(=O)O)C[C@H](OC(=O)C=Cc2ccc(O)c(O)c2)[C@H]1O. The van der Waals surface area contributed by atoms with E-state index in [2.05, 4.69) is 0 Å². The molecule has 0 saturated carbocycles. The number of ether oxygens (including phenoxy) is 7. The summed E-state index contributed by atoms with van der Waals surface area (Å²) in [4.78, 5) is 79.1. The molecule has 4 aromatic carbocycles. The second-order valence-electron chi connectivity index (χ2n) is 17.4. The number of benzene rings is 4. The molecule has 14 N–H and O–H groups in total. The highest BCUT2D eigenvalue weighted by Crippen LogP contribution is 2.43. The number of phenolic OH excluding ortho intramolecular Hbond substituents is 8. The second kappa shape index (κ2) is 25.3. The third-order valence-corrected chi connectivity index (χ3v) is 11.7. The van der Waals surface area contributed by atoms with Gasteiger partial charge in [0.2, 0.25) is 0 Å². The van der Waals surface area contributed by atoms with Crippen molar-refractivity contribution in [2.75, 3.05) is 13.2 Å². The van der Waals surface area contributed by atoms with Crippen LogP contribution in [0.25, 0.3) is 24.3 Å². The summed E-state index contributed by atoms with van der Waals surface area (Å²) in [6.45, 7) is -2.32. The van der Waals surface area contributed by atoms with Crippen LogP contribution in [0.5, 0.6) is 46.0 Å². The van der Waals surface area contributed by atoms with E-state index in [1.165, 1.54) is 24.3 Å². The molecule has 2 aliphatic rings. The summed E-state index contributed by atoms with van der Waals surface area (Å²) in [6, 6.07) is 13.6. The number of rotatable bonds is 20. The van der Waals surface area contributed by atoms with Crippen LogP contribution in [0.1, 0.15) is 35.1 Å². The minimum Gasteiger partial charge on any atom is -0.504 e. The Morgan fingerprint density at radius 1 is 0.494 bits per heavy atom. The Bertz CT molecular complexity index is 3060. The zero-order valence-corrected chi connectivity index (χ0v) is 40.6. The van der Waals surface area contributed by atoms with E-state index < -0.39 is 168 Å². The molecule has 0 aromatic heterocycles. The minimum absolute atomic E-state index is 0.0987. The maximum atomic E-state index is 13.5. The van der Waals surface area contributed by atoms with Crippen molar-refractivity contribution in [3.63, 3.8) is 0 Å². The second-order valence-corrected chi connectivity index (χ2v) is 17.4. The molecule has 27 nitrogen and oxygen atoms in total. The fourth-order valence-electron chi connectivity index (χ4n) is 7.72. The van der Waals surface area contributed by atoms with Gasteiger partial charge in [0.15, 0.2) is 52.1 Å². The molecule has 2 heterocycles. The Kier molecular flexibility index (Phi) is 18.9. The summed E-state index contributed by atoms with van der Waals surface area (Å²) in [6.07, 6.45) is -13.9. The van der Waals surface area contributed by atoms with Crippen LogP contribution < -0.4 is 0 Å². The van der Waals surface area contributed by atoms with Crippen LogP contribution >= 0.6 is 0 Å². The van der Waals surface area contributed by atoms with Gasteiger partial charge in [-0.05, 0) is 95.1 Å². The van der Waals surface area contributed by atoms with Crippen LogP contribution in [-0.4, -0.2) is 181 Å². The van der Waals surface area contributed by atoms with Crippen molar-refractivity contribution in [1.82, 2.24) is 0 Å². The standard InChI is InChI=1S/C52H50O27/c53-29-9-1-25(17-33(29)57)5-13-41(64)73-23-38(62)46-45(68)40(75-43(66)15-7-27-3-11-31(55)35(59)19-27)22-52(77-46,50(71)72)79-51(49(69)70)21-37(61)47(76-44(67)16-8-28-4-12-32(56)36(60)20-28)48(78-51)39(63)24-74-42(65)14-6-26-2-10-30(54)34(58)18-26/h1-20,37-40,45-48,53-63,68H,21-24H2,(H,69,70)(H,71,72)/t37-,38+,39+,40-,45+,46+,47+,48+,51+,52+/m0/s1. The highest BCUT2D eigenvalue weighted by Gasteiger charge is 2.65. The topological polar surface area (TPSA) is 450 Å². The number of carboxylic acids is 2. The zero-order chi connectivity index (χ0) is 57.9. The van der Waals surface area contributed by atoms with Crippen molar-refractivity contribution in [2.45, 2.75) is 73.2 Å². The molecule has 0 aliphatic carbocycles. The molecular weight excluding hydrogens is 1060 g/mol. The number of hydrogen-bond acceptors (Lipinski definition) is 25. The quantitative estimate of drug-likeness (QED) is 0.0254. The highest BCUT2D eigenvalue weighted by atomic mass is 16.8. The number of carbonyl (C=O) groups is 6. The van der Waals surface area contributed by atoms with Crippen LogP contribution in [0.2, 0.25) is 0 Å². The molecular formula is C52H50O27. The van der Waals surface area contributed by atoms with E-state index in [4.69, 9.17) is 33.2 Å². The molecule has 10 atom stereocenters. The summed E-state index contributed by atoms with van der Waals surface area (Å²) in [5.41, 5.74) is 0.562. The number of phenols is 8. The molecule has 6 rings (SSSR count). The van der Waals surface area contributed by atoms with Gasteiger partial charge in [0.1, 0.15) is 49.8 Å². The number of aliphatic hydroxyl groups is 4. The first-order valence-corrected chi connectivity index (χ1v) is 23.1. The fourth-order valence-corrected chi connectivity index (χ4v) is 7.72. The number of carbonyl (C=O) groups excluding carboxylic acids is 4. The maximum Gasteiger partial charge on any atom is 0.364 e. The van der Waals surface area contributed by atoms with Crippen molar-refractivity contribution >= 4 is 60.1 Å². The first-order chi connectivity index (χ1) is 37.3. The number of aliphatic carboxylic acids is 2. The smallest absolute Gasteiger partial charge is 0.364 e. The Balaban J connectivity index is 1.32. The Morgan fingerprint density at radius 2 is 0.835 bits per heavy atom. The number of aliphatic hydroxyl groups excluding tert-OH is 4. The number of carboxylic acid groups (broad SMARTS) is 2. The van der Waals surface area contributed by atoms with Crippen molar-refractivity contribution in [2.24, 2.45) is 0 Å². The maximum absolute atomic E-state index is 13.5. The average Bonchev–Trinajstić information content (AvgIpc) is 3.49. The lowest BCUT2D eigenvalue weighted by molar-refractivity contribution is -0.408. The van der Waals surface area contributed by atoms with Gasteiger partial charge in [-0.1, -0.05) is 24.3 Å². The van der Waals surface area contributed by atoms with E-state index in [1.807, 2.05) is 0 Å². The lowest BCUT2D eigenvalue weighted by Crippen LogP contribution is -2.70. The van der Waals surface area contributed by atoms with Crippen LogP contribution in [0.15, 0.2) is 97.1 Å². The third kappa shape index (κ3) is 15.0. The van der Waals surface area contributed by atoms with Crippen molar-refractivity contribution in [1.29, 1.82) is 0 Å². The summed E-state index contributed by atoms with van der Waals surface area (Å²) < 4.78 is 38.0. The van der Waals surface area contributed by atoms with Crippen molar-refractivity contribution in [3.8, 4) is 46.0 Å². The number of hydrogen-bond donors (Lipinski definition) is 14. The molecule has 4 aromatic rings. The lowest BCUT2D eigenvalue weighted by atomic mass is 9.90. The van der Waals surface area contributed by atoms with Crippen LogP contribution in [0.4, 0.5) is 0 Å². The van der Waals surface area contributed by atoms with E-state index in [0.717, 1.165) is 91.1 Å². The fraction of sp³-hybridized carbons (Fsp3) is 0.269. The first kappa shape index (κ1) is 59.0. The van der Waals surface area contributed by atoms with Crippen LogP contribution in [-0.2, 0) is 61.9 Å². The van der Waals surface area contributed by atoms with Crippen molar-refractivity contribution in [3.05, 3.63) is 119 Å². The molecule has 0 spiro atoms. The molecule has 27 heteroatoms. The molecule has 2 aliphatic heterocycles. The summed E-state index contributed by atoms with van der Waals surface area (Å²) in [7, 11) is 0. The van der Waals surface area contributed by atoms with Gasteiger partial charge in [0.05, 0.1) is 12.5 Å². The van der Waals surface area contributed by atoms with Gasteiger partial charge in [0, 0.05) is 30.7 Å². The molecule has 2 fully saturated rings. The molecule has 0 unspecified atom stereocenters. The Labute approximate surface area is 444 Å². The molecule has 79 heavy (non-hydrogen) atoms. The summed E-state index contributed by atoms with van der Waals surface area (Å²) in [5.74, 6) is -21.1. The molecule has 0 amide bonds. The zero-order valence-electron chi connectivity index (χ0n) is 40.6. The highest BCUT2D eigenvalue weighted by molar-refractivity contribution is 5.89. The Morgan fingerprint density at radius 3 is 1.22 bits per heavy atom. The first-order valence-electron chi connectivity index (χ1n) is 23.1. The minimum atomic E-state index is -3.58. The predicted molar refractivity (Wildman–Crippen MR) is 262 cm³/mol. The van der Waals surface area contributed by atoms with Gasteiger partial charge in [-0.2, -0.15) is 0 Å².